The standard InChI is InChI=1S/C20H23N2O/c1-2-4-19(5-3-1)23-20-8-6-16(7-9-20)17-10-12-22(13-11-17)18-14-21-15-18/h1-8,17-18,21H,10-15H2. The molecule has 2 aromatic rings. The van der Waals surface area contributed by atoms with Gasteiger partial charge in [0.2, 0.25) is 0 Å². The summed E-state index contributed by atoms with van der Waals surface area (Å²) in [6.07, 6.45) is 2.51. The van der Waals surface area contributed by atoms with Gasteiger partial charge in [-0.15, -0.1) is 0 Å². The SMILES string of the molecule is [c]1cc(C2CCN(C3CNC3)CC2)ccc1Oc1ccccc1. The lowest BCUT2D eigenvalue weighted by molar-refractivity contribution is 0.113. The van der Waals surface area contributed by atoms with Gasteiger partial charge in [-0.1, -0.05) is 24.3 Å². The quantitative estimate of drug-likeness (QED) is 0.936. The molecule has 1 N–H and O–H groups in total. The van der Waals surface area contributed by atoms with Gasteiger partial charge in [-0.25, -0.2) is 0 Å². The van der Waals surface area contributed by atoms with Crippen LogP contribution in [0.3, 0.4) is 0 Å². The van der Waals surface area contributed by atoms with Crippen molar-refractivity contribution in [1.82, 2.24) is 10.2 Å². The van der Waals surface area contributed by atoms with Gasteiger partial charge < -0.3 is 10.1 Å². The molecule has 119 valence electrons. The van der Waals surface area contributed by atoms with Crippen LogP contribution >= 0.6 is 0 Å². The predicted octanol–water partition coefficient (Wildman–Crippen LogP) is 3.43. The summed E-state index contributed by atoms with van der Waals surface area (Å²) >= 11 is 0. The second kappa shape index (κ2) is 6.73. The third kappa shape index (κ3) is 3.41. The van der Waals surface area contributed by atoms with Gasteiger partial charge in [0.25, 0.3) is 0 Å². The molecule has 0 aliphatic carbocycles. The highest BCUT2D eigenvalue weighted by atomic mass is 16.5. The van der Waals surface area contributed by atoms with E-state index in [-0.39, 0.29) is 0 Å². The Labute approximate surface area is 138 Å². The van der Waals surface area contributed by atoms with Gasteiger partial charge in [-0.05, 0) is 61.7 Å². The first-order chi connectivity index (χ1) is 11.4. The van der Waals surface area contributed by atoms with Crippen LogP contribution in [0.15, 0.2) is 48.5 Å². The fourth-order valence-electron chi connectivity index (χ4n) is 3.49. The lowest BCUT2D eigenvalue weighted by Gasteiger charge is -2.42. The molecule has 2 aliphatic heterocycles. The minimum atomic E-state index is 0.668. The molecule has 0 saturated carbocycles. The normalized spacial score (nSPS) is 20.2. The first-order valence-electron chi connectivity index (χ1n) is 8.58. The van der Waals surface area contributed by atoms with Crippen LogP contribution < -0.4 is 10.1 Å². The Morgan fingerprint density at radius 3 is 2.39 bits per heavy atom. The molecule has 0 atom stereocenters. The first-order valence-corrected chi connectivity index (χ1v) is 8.58. The lowest BCUT2D eigenvalue weighted by atomic mass is 9.88. The van der Waals surface area contributed by atoms with Crippen LogP contribution in [0, 0.1) is 6.07 Å². The first kappa shape index (κ1) is 14.7. The topological polar surface area (TPSA) is 24.5 Å². The fourth-order valence-corrected chi connectivity index (χ4v) is 3.49. The van der Waals surface area contributed by atoms with E-state index in [2.05, 4.69) is 28.4 Å². The Bertz CT molecular complexity index is 614. The van der Waals surface area contributed by atoms with Crippen molar-refractivity contribution in [1.29, 1.82) is 0 Å². The van der Waals surface area contributed by atoms with E-state index in [0.29, 0.717) is 5.92 Å². The highest BCUT2D eigenvalue weighted by molar-refractivity contribution is 5.33. The van der Waals surface area contributed by atoms with Gasteiger partial charge in [0.15, 0.2) is 0 Å². The van der Waals surface area contributed by atoms with Crippen LogP contribution in [0.5, 0.6) is 11.5 Å². The Morgan fingerprint density at radius 2 is 1.78 bits per heavy atom. The molecule has 0 aromatic heterocycles. The van der Waals surface area contributed by atoms with Crippen molar-refractivity contribution in [3.8, 4) is 11.5 Å². The zero-order valence-corrected chi connectivity index (χ0v) is 13.4. The van der Waals surface area contributed by atoms with E-state index in [1.54, 1.807) is 0 Å². The van der Waals surface area contributed by atoms with Gasteiger partial charge in [0, 0.05) is 25.2 Å². The molecule has 2 fully saturated rings. The molecule has 2 aromatic carbocycles. The highest BCUT2D eigenvalue weighted by Gasteiger charge is 2.28. The molecule has 0 spiro atoms. The van der Waals surface area contributed by atoms with Crippen molar-refractivity contribution in [2.24, 2.45) is 0 Å². The Morgan fingerprint density at radius 1 is 1.00 bits per heavy atom. The molecule has 4 rings (SSSR count). The molecular formula is C20H23N2O. The summed E-state index contributed by atoms with van der Waals surface area (Å²) in [5, 5.41) is 3.37. The summed E-state index contributed by atoms with van der Waals surface area (Å²) in [7, 11) is 0. The maximum atomic E-state index is 5.82. The van der Waals surface area contributed by atoms with Gasteiger partial charge in [-0.2, -0.15) is 0 Å². The average Bonchev–Trinajstić information content (AvgIpc) is 2.56. The maximum absolute atomic E-state index is 5.82. The van der Waals surface area contributed by atoms with Crippen LogP contribution in [-0.4, -0.2) is 37.1 Å². The van der Waals surface area contributed by atoms with Crippen LogP contribution in [-0.2, 0) is 0 Å². The second-order valence-electron chi connectivity index (χ2n) is 6.52. The molecular weight excluding hydrogens is 284 g/mol. The molecule has 1 radical (unpaired) electrons. The van der Waals surface area contributed by atoms with Gasteiger partial charge in [0.1, 0.15) is 11.5 Å². The smallest absolute Gasteiger partial charge is 0.135 e. The van der Waals surface area contributed by atoms with Gasteiger partial charge >= 0.3 is 0 Å². The van der Waals surface area contributed by atoms with Crippen LogP contribution in [0.4, 0.5) is 0 Å². The number of piperidine rings is 1. The summed E-state index contributed by atoms with van der Waals surface area (Å²) < 4.78 is 5.82. The molecule has 2 heterocycles. The van der Waals surface area contributed by atoms with Crippen molar-refractivity contribution < 1.29 is 4.74 Å². The largest absolute Gasteiger partial charge is 0.457 e. The average molecular weight is 307 g/mol. The number of nitrogens with zero attached hydrogens (tertiary/aromatic N) is 1. The van der Waals surface area contributed by atoms with Crippen molar-refractivity contribution in [3.05, 3.63) is 60.2 Å². The maximum Gasteiger partial charge on any atom is 0.135 e. The van der Waals surface area contributed by atoms with Gasteiger partial charge in [0.05, 0.1) is 0 Å². The van der Waals surface area contributed by atoms with Gasteiger partial charge in [-0.3, -0.25) is 4.90 Å². The number of para-hydroxylation sites is 1. The van der Waals surface area contributed by atoms with Crippen LogP contribution in [0.2, 0.25) is 0 Å². The molecule has 2 aliphatic rings. The Balaban J connectivity index is 1.35. The summed E-state index contributed by atoms with van der Waals surface area (Å²) in [6, 6.07) is 20.3. The number of nitrogens with one attached hydrogen (secondary N) is 1. The Hall–Kier alpha value is -1.84. The lowest BCUT2D eigenvalue weighted by Crippen LogP contribution is -2.58. The molecule has 0 amide bonds. The number of likely N-dealkylation sites (tertiary alicyclic amines) is 1. The molecule has 3 heteroatoms. The number of ether oxygens (including phenoxy) is 1. The predicted molar refractivity (Wildman–Crippen MR) is 92.0 cm³/mol. The van der Waals surface area contributed by atoms with E-state index < -0.39 is 0 Å². The minimum Gasteiger partial charge on any atom is -0.457 e. The summed E-state index contributed by atoms with van der Waals surface area (Å²) in [5.41, 5.74) is 1.40. The summed E-state index contributed by atoms with van der Waals surface area (Å²) in [5.74, 6) is 2.32. The van der Waals surface area contributed by atoms with E-state index in [1.165, 1.54) is 44.6 Å². The number of hydrogen-bond acceptors (Lipinski definition) is 3. The zero-order chi connectivity index (χ0) is 15.5. The Kier molecular flexibility index (Phi) is 4.31. The highest BCUT2D eigenvalue weighted by Crippen LogP contribution is 2.31. The molecule has 2 saturated heterocycles. The van der Waals surface area contributed by atoms with Crippen molar-refractivity contribution in [3.63, 3.8) is 0 Å². The fraction of sp³-hybridized carbons (Fsp3) is 0.400. The van der Waals surface area contributed by atoms with Crippen LogP contribution in [0.25, 0.3) is 0 Å². The van der Waals surface area contributed by atoms with E-state index in [1.807, 2.05) is 36.4 Å². The van der Waals surface area contributed by atoms with Crippen LogP contribution in [0.1, 0.15) is 24.3 Å². The zero-order valence-electron chi connectivity index (χ0n) is 13.4. The molecule has 23 heavy (non-hydrogen) atoms. The van der Waals surface area contributed by atoms with Crippen molar-refractivity contribution in [2.75, 3.05) is 26.2 Å². The number of rotatable bonds is 4. The van der Waals surface area contributed by atoms with E-state index in [0.717, 1.165) is 17.5 Å². The second-order valence-corrected chi connectivity index (χ2v) is 6.52. The van der Waals surface area contributed by atoms with E-state index in [9.17, 15) is 0 Å². The molecule has 3 nitrogen and oxygen atoms in total. The molecule has 0 bridgehead atoms. The molecule has 0 unspecified atom stereocenters. The third-order valence-corrected chi connectivity index (χ3v) is 5.06. The van der Waals surface area contributed by atoms with Crippen molar-refractivity contribution in [2.45, 2.75) is 24.8 Å². The summed E-state index contributed by atoms with van der Waals surface area (Å²) in [4.78, 5) is 2.64. The number of benzene rings is 2. The van der Waals surface area contributed by atoms with E-state index >= 15 is 0 Å². The summed E-state index contributed by atoms with van der Waals surface area (Å²) in [6.45, 7) is 4.78. The third-order valence-electron chi connectivity index (χ3n) is 5.06. The van der Waals surface area contributed by atoms with Crippen molar-refractivity contribution >= 4 is 0 Å². The number of hydrogen-bond donors (Lipinski definition) is 1. The monoisotopic (exact) mass is 307 g/mol. The van der Waals surface area contributed by atoms with E-state index in [4.69, 9.17) is 4.74 Å². The minimum absolute atomic E-state index is 0.668.